The number of rotatable bonds is 5. The summed E-state index contributed by atoms with van der Waals surface area (Å²) in [6, 6.07) is 3.10. The molecule has 1 amide bonds. The summed E-state index contributed by atoms with van der Waals surface area (Å²) >= 11 is 0. The molecule has 0 fully saturated rings. The number of anilines is 2. The van der Waals surface area contributed by atoms with E-state index in [1.807, 2.05) is 19.0 Å². The maximum atomic E-state index is 11.3. The normalized spacial score (nSPS) is 13.3. The summed E-state index contributed by atoms with van der Waals surface area (Å²) in [6.45, 7) is 1.36. The van der Waals surface area contributed by atoms with E-state index in [1.54, 1.807) is 6.07 Å². The number of likely N-dealkylation sites (N-methyl/N-ethyl adjacent to an activating group) is 1. The Morgan fingerprint density at radius 1 is 1.47 bits per heavy atom. The van der Waals surface area contributed by atoms with E-state index in [1.165, 1.54) is 6.07 Å². The van der Waals surface area contributed by atoms with Crippen LogP contribution in [0.25, 0.3) is 0 Å². The highest BCUT2D eigenvalue weighted by Gasteiger charge is 2.24. The van der Waals surface area contributed by atoms with Crippen LogP contribution in [0.3, 0.4) is 0 Å². The lowest BCUT2D eigenvalue weighted by Gasteiger charge is -2.12. The molecule has 7 heteroatoms. The highest BCUT2D eigenvalue weighted by molar-refractivity contribution is 6.00. The topological polar surface area (TPSA) is 87.5 Å². The second kappa shape index (κ2) is 5.23. The van der Waals surface area contributed by atoms with Crippen LogP contribution in [0.4, 0.5) is 17.1 Å². The van der Waals surface area contributed by atoms with E-state index >= 15 is 0 Å². The van der Waals surface area contributed by atoms with Gasteiger partial charge in [0, 0.05) is 24.8 Å². The van der Waals surface area contributed by atoms with Gasteiger partial charge in [-0.1, -0.05) is 0 Å². The van der Waals surface area contributed by atoms with Gasteiger partial charge in [0.05, 0.1) is 11.3 Å². The molecule has 0 spiro atoms. The largest absolute Gasteiger partial charge is 0.378 e. The Bertz CT molecular complexity index is 528. The van der Waals surface area contributed by atoms with Gasteiger partial charge >= 0.3 is 0 Å². The molecule has 1 aliphatic heterocycles. The molecule has 0 bridgehead atoms. The number of carbonyl (C=O) groups excluding carboxylic acids is 1. The lowest BCUT2D eigenvalue weighted by atomic mass is 10.1. The van der Waals surface area contributed by atoms with E-state index in [9.17, 15) is 14.9 Å². The molecule has 7 nitrogen and oxygen atoms in total. The zero-order valence-electron chi connectivity index (χ0n) is 10.9. The second-order valence-corrected chi connectivity index (χ2v) is 4.74. The van der Waals surface area contributed by atoms with Gasteiger partial charge in [0.25, 0.3) is 5.69 Å². The van der Waals surface area contributed by atoms with Crippen molar-refractivity contribution in [2.24, 2.45) is 0 Å². The first kappa shape index (κ1) is 13.3. The highest BCUT2D eigenvalue weighted by atomic mass is 16.6. The fourth-order valence-corrected chi connectivity index (χ4v) is 1.97. The first-order valence-electron chi connectivity index (χ1n) is 5.97. The first-order chi connectivity index (χ1) is 8.97. The number of fused-ring (bicyclic) bond motifs is 1. The number of nitrogens with zero attached hydrogens (tertiary/aromatic N) is 2. The number of benzene rings is 1. The Balaban J connectivity index is 2.23. The molecule has 2 N–H and O–H groups in total. The second-order valence-electron chi connectivity index (χ2n) is 4.74. The van der Waals surface area contributed by atoms with Crippen LogP contribution in [0.2, 0.25) is 0 Å². The van der Waals surface area contributed by atoms with Crippen LogP contribution in [0.15, 0.2) is 12.1 Å². The van der Waals surface area contributed by atoms with Crippen LogP contribution in [-0.4, -0.2) is 42.9 Å². The van der Waals surface area contributed by atoms with E-state index < -0.39 is 4.92 Å². The molecule has 0 aliphatic carbocycles. The van der Waals surface area contributed by atoms with Gasteiger partial charge in [-0.25, -0.2) is 0 Å². The predicted octanol–water partition coefficient (Wildman–Crippen LogP) is 1.06. The summed E-state index contributed by atoms with van der Waals surface area (Å²) in [7, 11) is 3.86. The fourth-order valence-electron chi connectivity index (χ4n) is 1.97. The standard InChI is InChI=1S/C12H16N4O3/c1-15(2)4-3-13-10-7-9-8(6-12(17)14-9)5-11(10)16(18)19/h5,7,13H,3-4,6H2,1-2H3,(H,14,17). The Morgan fingerprint density at radius 2 is 2.21 bits per heavy atom. The van der Waals surface area contributed by atoms with Gasteiger partial charge in [-0.05, 0) is 25.7 Å². The van der Waals surface area contributed by atoms with E-state index in [4.69, 9.17) is 0 Å². The molecule has 0 unspecified atom stereocenters. The lowest BCUT2D eigenvalue weighted by molar-refractivity contribution is -0.384. The SMILES string of the molecule is CN(C)CCNc1cc2c(cc1[N+](=O)[O-])CC(=O)N2. The summed E-state index contributed by atoms with van der Waals surface area (Å²) in [4.78, 5) is 23.9. The smallest absolute Gasteiger partial charge is 0.292 e. The minimum Gasteiger partial charge on any atom is -0.378 e. The van der Waals surface area contributed by atoms with Gasteiger partial charge < -0.3 is 15.5 Å². The molecule has 1 aromatic rings. The molecule has 1 heterocycles. The van der Waals surface area contributed by atoms with Gasteiger partial charge in [-0.2, -0.15) is 0 Å². The zero-order chi connectivity index (χ0) is 14.0. The van der Waals surface area contributed by atoms with Gasteiger partial charge in [0.2, 0.25) is 5.91 Å². The minimum atomic E-state index is -0.429. The molecule has 0 saturated heterocycles. The fraction of sp³-hybridized carbons (Fsp3) is 0.417. The van der Waals surface area contributed by atoms with Crippen LogP contribution in [-0.2, 0) is 11.2 Å². The average Bonchev–Trinajstić information content (AvgIpc) is 2.66. The Hall–Kier alpha value is -2.15. The van der Waals surface area contributed by atoms with Crippen molar-refractivity contribution in [2.45, 2.75) is 6.42 Å². The van der Waals surface area contributed by atoms with Gasteiger partial charge in [-0.3, -0.25) is 14.9 Å². The molecule has 0 radical (unpaired) electrons. The van der Waals surface area contributed by atoms with Crippen molar-refractivity contribution in [3.63, 3.8) is 0 Å². The Morgan fingerprint density at radius 3 is 2.84 bits per heavy atom. The maximum absolute atomic E-state index is 11.3. The van der Waals surface area contributed by atoms with Crippen molar-refractivity contribution in [2.75, 3.05) is 37.8 Å². The third-order valence-electron chi connectivity index (χ3n) is 2.92. The van der Waals surface area contributed by atoms with Crippen LogP contribution >= 0.6 is 0 Å². The third kappa shape index (κ3) is 3.00. The molecule has 1 aliphatic rings. The quantitative estimate of drug-likeness (QED) is 0.613. The number of amides is 1. The van der Waals surface area contributed by atoms with Crippen molar-refractivity contribution in [3.05, 3.63) is 27.8 Å². The maximum Gasteiger partial charge on any atom is 0.292 e. The van der Waals surface area contributed by atoms with Crippen molar-refractivity contribution in [1.29, 1.82) is 0 Å². The summed E-state index contributed by atoms with van der Waals surface area (Å²) < 4.78 is 0. The van der Waals surface area contributed by atoms with Crippen LogP contribution in [0, 0.1) is 10.1 Å². The molecule has 0 saturated carbocycles. The summed E-state index contributed by atoms with van der Waals surface area (Å²) in [5.41, 5.74) is 1.78. The first-order valence-corrected chi connectivity index (χ1v) is 5.97. The van der Waals surface area contributed by atoms with Crippen molar-refractivity contribution in [1.82, 2.24) is 4.90 Å². The van der Waals surface area contributed by atoms with Crippen molar-refractivity contribution < 1.29 is 9.72 Å². The van der Waals surface area contributed by atoms with Crippen molar-refractivity contribution in [3.8, 4) is 0 Å². The lowest BCUT2D eigenvalue weighted by Crippen LogP contribution is -2.21. The van der Waals surface area contributed by atoms with E-state index in [2.05, 4.69) is 10.6 Å². The van der Waals surface area contributed by atoms with E-state index in [0.29, 0.717) is 23.5 Å². The van der Waals surface area contributed by atoms with Crippen LogP contribution in [0.5, 0.6) is 0 Å². The molecule has 102 valence electrons. The third-order valence-corrected chi connectivity index (χ3v) is 2.92. The monoisotopic (exact) mass is 264 g/mol. The molecular weight excluding hydrogens is 248 g/mol. The number of carbonyl (C=O) groups is 1. The van der Waals surface area contributed by atoms with Crippen LogP contribution < -0.4 is 10.6 Å². The molecule has 0 aromatic heterocycles. The average molecular weight is 264 g/mol. The number of nitrogens with one attached hydrogen (secondary N) is 2. The van der Waals surface area contributed by atoms with E-state index in [-0.39, 0.29) is 18.0 Å². The molecule has 2 rings (SSSR count). The van der Waals surface area contributed by atoms with E-state index in [0.717, 1.165) is 6.54 Å². The summed E-state index contributed by atoms with van der Waals surface area (Å²) in [6.07, 6.45) is 0.203. The minimum absolute atomic E-state index is 0.00834. The summed E-state index contributed by atoms with van der Waals surface area (Å²) in [5, 5.41) is 16.8. The molecule has 0 atom stereocenters. The number of nitro groups is 1. The molecule has 19 heavy (non-hydrogen) atoms. The number of hydrogen-bond acceptors (Lipinski definition) is 5. The van der Waals surface area contributed by atoms with Gasteiger partial charge in [0.15, 0.2) is 0 Å². The Labute approximate surface area is 110 Å². The Kier molecular flexibility index (Phi) is 3.66. The van der Waals surface area contributed by atoms with Crippen molar-refractivity contribution >= 4 is 23.0 Å². The van der Waals surface area contributed by atoms with Gasteiger partial charge in [0.1, 0.15) is 5.69 Å². The highest BCUT2D eigenvalue weighted by Crippen LogP contribution is 2.34. The predicted molar refractivity (Wildman–Crippen MR) is 72.5 cm³/mol. The molecular formula is C12H16N4O3. The number of nitro benzene ring substituents is 1. The number of hydrogen-bond donors (Lipinski definition) is 2. The van der Waals surface area contributed by atoms with Gasteiger partial charge in [-0.15, -0.1) is 0 Å². The summed E-state index contributed by atoms with van der Waals surface area (Å²) in [5.74, 6) is -0.130. The van der Waals surface area contributed by atoms with Crippen LogP contribution in [0.1, 0.15) is 5.56 Å². The molecule has 1 aromatic carbocycles. The zero-order valence-corrected chi connectivity index (χ0v) is 10.9.